The molecule has 6 nitrogen and oxygen atoms in total. The molecule has 7 heteroatoms. The third-order valence-electron chi connectivity index (χ3n) is 4.60. The number of carbonyl (C=O) groups excluding carboxylic acids is 2. The van der Waals surface area contributed by atoms with Crippen molar-refractivity contribution in [3.8, 4) is 5.75 Å². The van der Waals surface area contributed by atoms with Crippen LogP contribution >= 0.6 is 11.6 Å². The van der Waals surface area contributed by atoms with Gasteiger partial charge in [0.15, 0.2) is 0 Å². The van der Waals surface area contributed by atoms with Crippen LogP contribution in [0.5, 0.6) is 5.75 Å². The summed E-state index contributed by atoms with van der Waals surface area (Å²) in [5.74, 6) is -1.08. The maximum Gasteiger partial charge on any atom is 0.295 e. The third-order valence-corrected chi connectivity index (χ3v) is 4.86. The standard InChI is InChI=1S/C21H20ClNO5/c1-27-11-10-23-18(14-4-3-5-16(12-14)28-2)17(20(25)21(23)26)19(24)13-6-8-15(22)9-7-13/h3-9,12,18,24H,10-11H2,1-2H3/b19-17+. The summed E-state index contributed by atoms with van der Waals surface area (Å²) < 4.78 is 10.4. The van der Waals surface area contributed by atoms with Crippen LogP contribution in [0.25, 0.3) is 5.76 Å². The Labute approximate surface area is 167 Å². The average Bonchev–Trinajstić information content (AvgIpc) is 2.97. The third kappa shape index (κ3) is 3.74. The highest BCUT2D eigenvalue weighted by molar-refractivity contribution is 6.46. The van der Waals surface area contributed by atoms with Crippen molar-refractivity contribution in [3.05, 3.63) is 70.3 Å². The van der Waals surface area contributed by atoms with Crippen molar-refractivity contribution in [2.45, 2.75) is 6.04 Å². The summed E-state index contributed by atoms with van der Waals surface area (Å²) in [4.78, 5) is 26.9. The number of rotatable bonds is 6. The van der Waals surface area contributed by atoms with E-state index in [-0.39, 0.29) is 24.5 Å². The van der Waals surface area contributed by atoms with E-state index in [1.165, 1.54) is 19.1 Å². The number of aliphatic hydroxyl groups is 1. The van der Waals surface area contributed by atoms with E-state index in [1.807, 2.05) is 0 Å². The molecular weight excluding hydrogens is 382 g/mol. The van der Waals surface area contributed by atoms with Gasteiger partial charge in [-0.2, -0.15) is 0 Å². The van der Waals surface area contributed by atoms with Gasteiger partial charge < -0.3 is 19.5 Å². The van der Waals surface area contributed by atoms with Crippen LogP contribution < -0.4 is 4.74 Å². The zero-order valence-electron chi connectivity index (χ0n) is 15.5. The Morgan fingerprint density at radius 1 is 1.14 bits per heavy atom. The number of benzene rings is 2. The SMILES string of the molecule is COCCN1C(=O)C(=O)/C(=C(/O)c2ccc(Cl)cc2)C1c1cccc(OC)c1. The molecule has 0 aromatic heterocycles. The molecule has 146 valence electrons. The second-order valence-corrected chi connectivity index (χ2v) is 6.71. The van der Waals surface area contributed by atoms with Crippen LogP contribution in [0.2, 0.25) is 5.02 Å². The number of carbonyl (C=O) groups is 2. The average molecular weight is 402 g/mol. The summed E-state index contributed by atoms with van der Waals surface area (Å²) in [6.45, 7) is 0.467. The molecule has 0 aliphatic carbocycles. The number of nitrogens with zero attached hydrogens (tertiary/aromatic N) is 1. The minimum atomic E-state index is -0.749. The van der Waals surface area contributed by atoms with Crippen LogP contribution in [0.15, 0.2) is 54.1 Å². The molecule has 1 N–H and O–H groups in total. The van der Waals surface area contributed by atoms with Gasteiger partial charge in [0.1, 0.15) is 11.5 Å². The van der Waals surface area contributed by atoms with E-state index < -0.39 is 17.7 Å². The van der Waals surface area contributed by atoms with Crippen LogP contribution in [0.3, 0.4) is 0 Å². The first kappa shape index (κ1) is 19.9. The molecule has 3 rings (SSSR count). The van der Waals surface area contributed by atoms with Crippen molar-refractivity contribution in [1.29, 1.82) is 0 Å². The first-order valence-electron chi connectivity index (χ1n) is 8.65. The smallest absolute Gasteiger partial charge is 0.295 e. The van der Waals surface area contributed by atoms with E-state index >= 15 is 0 Å². The second-order valence-electron chi connectivity index (χ2n) is 6.27. The molecule has 2 aromatic carbocycles. The Kier molecular flexibility index (Phi) is 6.02. The minimum absolute atomic E-state index is 0.0247. The molecule has 0 radical (unpaired) electrons. The Balaban J connectivity index is 2.16. The maximum absolute atomic E-state index is 12.8. The Bertz CT molecular complexity index is 923. The van der Waals surface area contributed by atoms with Gasteiger partial charge in [0.05, 0.1) is 25.3 Å². The van der Waals surface area contributed by atoms with Gasteiger partial charge in [-0.1, -0.05) is 23.7 Å². The summed E-state index contributed by atoms with van der Waals surface area (Å²) in [6, 6.07) is 12.7. The molecule has 2 aromatic rings. The monoisotopic (exact) mass is 401 g/mol. The van der Waals surface area contributed by atoms with Crippen molar-refractivity contribution in [2.24, 2.45) is 0 Å². The van der Waals surface area contributed by atoms with Gasteiger partial charge >= 0.3 is 0 Å². The van der Waals surface area contributed by atoms with Gasteiger partial charge in [0, 0.05) is 24.2 Å². The first-order chi connectivity index (χ1) is 13.5. The van der Waals surface area contributed by atoms with Crippen LogP contribution in [0.4, 0.5) is 0 Å². The zero-order chi connectivity index (χ0) is 20.3. The van der Waals surface area contributed by atoms with E-state index in [4.69, 9.17) is 21.1 Å². The molecule has 1 aliphatic heterocycles. The van der Waals surface area contributed by atoms with Crippen molar-refractivity contribution in [3.63, 3.8) is 0 Å². The largest absolute Gasteiger partial charge is 0.507 e. The highest BCUT2D eigenvalue weighted by Gasteiger charge is 2.45. The maximum atomic E-state index is 12.8. The summed E-state index contributed by atoms with van der Waals surface area (Å²) in [6.07, 6.45) is 0. The molecule has 1 fully saturated rings. The molecule has 1 unspecified atom stereocenters. The van der Waals surface area contributed by atoms with Crippen LogP contribution in [0.1, 0.15) is 17.2 Å². The topological polar surface area (TPSA) is 76.1 Å². The number of methoxy groups -OCH3 is 2. The Hall–Kier alpha value is -2.83. The lowest BCUT2D eigenvalue weighted by Gasteiger charge is -2.25. The molecule has 0 spiro atoms. The van der Waals surface area contributed by atoms with Gasteiger partial charge in [-0.05, 0) is 42.0 Å². The normalized spacial score (nSPS) is 18.5. The number of likely N-dealkylation sites (tertiary alicyclic amines) is 1. The second kappa shape index (κ2) is 8.46. The molecule has 28 heavy (non-hydrogen) atoms. The van der Waals surface area contributed by atoms with Crippen LogP contribution in [-0.4, -0.2) is 49.1 Å². The zero-order valence-corrected chi connectivity index (χ0v) is 16.3. The lowest BCUT2D eigenvalue weighted by Crippen LogP contribution is -2.32. The fourth-order valence-corrected chi connectivity index (χ4v) is 3.35. The predicted octanol–water partition coefficient (Wildman–Crippen LogP) is 3.42. The van der Waals surface area contributed by atoms with Crippen LogP contribution in [0, 0.1) is 0 Å². The number of halogens is 1. The van der Waals surface area contributed by atoms with Gasteiger partial charge in [-0.25, -0.2) is 0 Å². The molecule has 1 atom stereocenters. The quantitative estimate of drug-likeness (QED) is 0.456. The van der Waals surface area contributed by atoms with Gasteiger partial charge in [-0.3, -0.25) is 9.59 Å². The summed E-state index contributed by atoms with van der Waals surface area (Å²) in [5.41, 5.74) is 1.09. The molecule has 1 amide bonds. The van der Waals surface area contributed by atoms with Gasteiger partial charge in [-0.15, -0.1) is 0 Å². The van der Waals surface area contributed by atoms with Gasteiger partial charge in [0.25, 0.3) is 11.7 Å². The number of ketones is 1. The molecule has 1 aliphatic rings. The number of ether oxygens (including phenoxy) is 2. The highest BCUT2D eigenvalue weighted by atomic mass is 35.5. The van der Waals surface area contributed by atoms with Crippen molar-refractivity contribution in [2.75, 3.05) is 27.4 Å². The highest BCUT2D eigenvalue weighted by Crippen LogP contribution is 2.40. The lowest BCUT2D eigenvalue weighted by atomic mass is 9.95. The summed E-state index contributed by atoms with van der Waals surface area (Å²) >= 11 is 5.91. The van der Waals surface area contributed by atoms with Crippen LogP contribution in [-0.2, 0) is 14.3 Å². The predicted molar refractivity (Wildman–Crippen MR) is 105 cm³/mol. The summed E-state index contributed by atoms with van der Waals surface area (Å²) in [5, 5.41) is 11.4. The molecule has 0 saturated carbocycles. The fourth-order valence-electron chi connectivity index (χ4n) is 3.22. The number of Topliss-reactive ketones (excluding diaryl/α,β-unsaturated/α-hetero) is 1. The van der Waals surface area contributed by atoms with E-state index in [2.05, 4.69) is 0 Å². The number of amides is 1. The van der Waals surface area contributed by atoms with E-state index in [9.17, 15) is 14.7 Å². The van der Waals surface area contributed by atoms with Crippen molar-refractivity contribution in [1.82, 2.24) is 4.90 Å². The van der Waals surface area contributed by atoms with Gasteiger partial charge in [0.2, 0.25) is 0 Å². The number of hydrogen-bond acceptors (Lipinski definition) is 5. The number of aliphatic hydroxyl groups excluding tert-OH is 1. The Morgan fingerprint density at radius 3 is 2.50 bits per heavy atom. The molecule has 1 saturated heterocycles. The van der Waals surface area contributed by atoms with Crippen molar-refractivity contribution >= 4 is 29.1 Å². The van der Waals surface area contributed by atoms with Crippen molar-refractivity contribution < 1.29 is 24.2 Å². The minimum Gasteiger partial charge on any atom is -0.507 e. The molecular formula is C21H20ClNO5. The Morgan fingerprint density at radius 2 is 1.86 bits per heavy atom. The van der Waals surface area contributed by atoms with E-state index in [0.717, 1.165) is 0 Å². The fraction of sp³-hybridized carbons (Fsp3) is 0.238. The summed E-state index contributed by atoms with van der Waals surface area (Å²) in [7, 11) is 3.06. The molecule has 1 heterocycles. The van der Waals surface area contributed by atoms with E-state index in [0.29, 0.717) is 21.9 Å². The first-order valence-corrected chi connectivity index (χ1v) is 9.03. The lowest BCUT2D eigenvalue weighted by molar-refractivity contribution is -0.140. The number of hydrogen-bond donors (Lipinski definition) is 1. The molecule has 0 bridgehead atoms. The van der Waals surface area contributed by atoms with E-state index in [1.54, 1.807) is 48.5 Å².